The number of aliphatic hydroxyl groups is 1. The number of benzene rings is 1. The van der Waals surface area contributed by atoms with Gasteiger partial charge in [-0.2, -0.15) is 5.26 Å². The van der Waals surface area contributed by atoms with Crippen LogP contribution in [0, 0.1) is 11.3 Å². The first kappa shape index (κ1) is 14.8. The van der Waals surface area contributed by atoms with E-state index in [1.807, 2.05) is 25.1 Å². The number of nitrogens with zero attached hydrogens (tertiary/aromatic N) is 2. The van der Waals surface area contributed by atoms with E-state index in [1.165, 1.54) is 0 Å². The highest BCUT2D eigenvalue weighted by atomic mass is 35.5. The van der Waals surface area contributed by atoms with Crippen molar-refractivity contribution in [1.82, 2.24) is 4.90 Å². The molecule has 0 aliphatic rings. The zero-order valence-electron chi connectivity index (χ0n) is 10.9. The standard InChI is InChI=1S/C13H18ClN3O/c1-13(18,9-17(2)3)8-16-11-5-4-10(7-15)12(14)6-11/h4-6,16,18H,8-9H2,1-3H3. The lowest BCUT2D eigenvalue weighted by Gasteiger charge is -2.27. The number of nitriles is 1. The predicted molar refractivity (Wildman–Crippen MR) is 73.8 cm³/mol. The smallest absolute Gasteiger partial charge is 0.101 e. The Morgan fingerprint density at radius 2 is 2.17 bits per heavy atom. The van der Waals surface area contributed by atoms with Gasteiger partial charge < -0.3 is 15.3 Å². The summed E-state index contributed by atoms with van der Waals surface area (Å²) in [5, 5.41) is 22.4. The molecule has 0 aliphatic carbocycles. The van der Waals surface area contributed by atoms with Gasteiger partial charge in [0, 0.05) is 18.8 Å². The summed E-state index contributed by atoms with van der Waals surface area (Å²) in [4.78, 5) is 1.92. The Morgan fingerprint density at radius 1 is 1.50 bits per heavy atom. The van der Waals surface area contributed by atoms with Crippen molar-refractivity contribution in [3.8, 4) is 6.07 Å². The molecule has 18 heavy (non-hydrogen) atoms. The molecule has 0 aliphatic heterocycles. The third-order valence-corrected chi connectivity index (χ3v) is 2.73. The van der Waals surface area contributed by atoms with Crippen molar-refractivity contribution >= 4 is 17.3 Å². The molecule has 0 heterocycles. The Bertz CT molecular complexity index is 452. The summed E-state index contributed by atoms with van der Waals surface area (Å²) in [7, 11) is 3.82. The molecule has 0 bridgehead atoms. The number of rotatable bonds is 5. The van der Waals surface area contributed by atoms with E-state index in [-0.39, 0.29) is 0 Å². The van der Waals surface area contributed by atoms with Crippen LogP contribution in [0.3, 0.4) is 0 Å². The first-order valence-electron chi connectivity index (χ1n) is 5.65. The molecule has 0 fully saturated rings. The van der Waals surface area contributed by atoms with Gasteiger partial charge in [0.2, 0.25) is 0 Å². The molecule has 1 unspecified atom stereocenters. The Balaban J connectivity index is 2.64. The van der Waals surface area contributed by atoms with Crippen molar-refractivity contribution in [2.45, 2.75) is 12.5 Å². The maximum atomic E-state index is 10.1. The predicted octanol–water partition coefficient (Wildman–Crippen LogP) is 1.94. The van der Waals surface area contributed by atoms with E-state index in [4.69, 9.17) is 16.9 Å². The fraction of sp³-hybridized carbons (Fsp3) is 0.462. The second kappa shape index (κ2) is 6.05. The molecule has 2 N–H and O–H groups in total. The average molecular weight is 268 g/mol. The lowest BCUT2D eigenvalue weighted by atomic mass is 10.1. The molecule has 0 saturated carbocycles. The highest BCUT2D eigenvalue weighted by Crippen LogP contribution is 2.20. The van der Waals surface area contributed by atoms with Gasteiger partial charge in [0.1, 0.15) is 6.07 Å². The molecule has 98 valence electrons. The minimum Gasteiger partial charge on any atom is -0.387 e. The van der Waals surface area contributed by atoms with E-state index in [0.717, 1.165) is 5.69 Å². The van der Waals surface area contributed by atoms with E-state index in [2.05, 4.69) is 5.32 Å². The van der Waals surface area contributed by atoms with Gasteiger partial charge in [-0.3, -0.25) is 0 Å². The summed E-state index contributed by atoms with van der Waals surface area (Å²) in [5.41, 5.74) is 0.407. The van der Waals surface area contributed by atoms with Crippen molar-refractivity contribution in [3.63, 3.8) is 0 Å². The van der Waals surface area contributed by atoms with Crippen LogP contribution in [-0.2, 0) is 0 Å². The van der Waals surface area contributed by atoms with E-state index in [9.17, 15) is 5.11 Å². The first-order valence-corrected chi connectivity index (χ1v) is 6.02. The van der Waals surface area contributed by atoms with Crippen molar-refractivity contribution in [3.05, 3.63) is 28.8 Å². The molecule has 4 nitrogen and oxygen atoms in total. The molecule has 0 radical (unpaired) electrons. The molecular formula is C13H18ClN3O. The number of likely N-dealkylation sites (N-methyl/N-ethyl adjacent to an activating group) is 1. The monoisotopic (exact) mass is 267 g/mol. The first-order chi connectivity index (χ1) is 8.34. The van der Waals surface area contributed by atoms with Gasteiger partial charge in [-0.15, -0.1) is 0 Å². The van der Waals surface area contributed by atoms with Crippen molar-refractivity contribution in [2.24, 2.45) is 0 Å². The number of hydrogen-bond donors (Lipinski definition) is 2. The molecule has 0 amide bonds. The summed E-state index contributed by atoms with van der Waals surface area (Å²) >= 11 is 5.93. The highest BCUT2D eigenvalue weighted by Gasteiger charge is 2.20. The summed E-state index contributed by atoms with van der Waals surface area (Å²) in [6.07, 6.45) is 0. The van der Waals surface area contributed by atoms with E-state index in [1.54, 1.807) is 25.1 Å². The Hall–Kier alpha value is -1.28. The molecule has 0 spiro atoms. The van der Waals surface area contributed by atoms with Gasteiger partial charge in [0.25, 0.3) is 0 Å². The Morgan fingerprint density at radius 3 is 2.67 bits per heavy atom. The maximum Gasteiger partial charge on any atom is 0.101 e. The van der Waals surface area contributed by atoms with E-state index >= 15 is 0 Å². The number of hydrogen-bond acceptors (Lipinski definition) is 4. The van der Waals surface area contributed by atoms with Gasteiger partial charge in [0.15, 0.2) is 0 Å². The fourth-order valence-electron chi connectivity index (χ4n) is 1.75. The number of nitrogens with one attached hydrogen (secondary N) is 1. The second-order valence-electron chi connectivity index (χ2n) is 4.89. The molecule has 1 aromatic carbocycles. The third kappa shape index (κ3) is 4.53. The van der Waals surface area contributed by atoms with Crippen LogP contribution in [0.4, 0.5) is 5.69 Å². The second-order valence-corrected chi connectivity index (χ2v) is 5.30. The average Bonchev–Trinajstić information content (AvgIpc) is 2.25. The number of anilines is 1. The van der Waals surface area contributed by atoms with Crippen LogP contribution in [0.2, 0.25) is 5.02 Å². The van der Waals surface area contributed by atoms with Crippen LogP contribution in [-0.4, -0.2) is 42.8 Å². The van der Waals surface area contributed by atoms with Crippen LogP contribution in [0.1, 0.15) is 12.5 Å². The minimum atomic E-state index is -0.829. The molecule has 1 atom stereocenters. The van der Waals surface area contributed by atoms with E-state index < -0.39 is 5.60 Å². The lowest BCUT2D eigenvalue weighted by Crippen LogP contribution is -2.43. The van der Waals surface area contributed by atoms with Gasteiger partial charge in [-0.1, -0.05) is 11.6 Å². The lowest BCUT2D eigenvalue weighted by molar-refractivity contribution is 0.0460. The number of halogens is 1. The van der Waals surface area contributed by atoms with Crippen LogP contribution in [0.5, 0.6) is 0 Å². The van der Waals surface area contributed by atoms with Gasteiger partial charge >= 0.3 is 0 Å². The van der Waals surface area contributed by atoms with Crippen LogP contribution >= 0.6 is 11.6 Å². The maximum absolute atomic E-state index is 10.1. The van der Waals surface area contributed by atoms with Gasteiger partial charge in [-0.05, 0) is 39.2 Å². The summed E-state index contributed by atoms with van der Waals surface area (Å²) in [6.45, 7) is 2.74. The minimum absolute atomic E-state index is 0.410. The van der Waals surface area contributed by atoms with Crippen LogP contribution in [0.25, 0.3) is 0 Å². The molecule has 0 aromatic heterocycles. The quantitative estimate of drug-likeness (QED) is 0.856. The van der Waals surface area contributed by atoms with Crippen molar-refractivity contribution in [2.75, 3.05) is 32.5 Å². The SMILES string of the molecule is CN(C)CC(C)(O)CNc1ccc(C#N)c(Cl)c1. The zero-order chi connectivity index (χ0) is 13.8. The molecule has 5 heteroatoms. The molecule has 1 rings (SSSR count). The van der Waals surface area contributed by atoms with Crippen molar-refractivity contribution < 1.29 is 5.11 Å². The van der Waals surface area contributed by atoms with Gasteiger partial charge in [-0.25, -0.2) is 0 Å². The van der Waals surface area contributed by atoms with Crippen LogP contribution in [0.15, 0.2) is 18.2 Å². The zero-order valence-corrected chi connectivity index (χ0v) is 11.6. The molecule has 0 saturated heterocycles. The summed E-state index contributed by atoms with van der Waals surface area (Å²) in [5.74, 6) is 0. The highest BCUT2D eigenvalue weighted by molar-refractivity contribution is 6.32. The molecule has 1 aromatic rings. The largest absolute Gasteiger partial charge is 0.387 e. The normalized spacial score (nSPS) is 14.1. The summed E-state index contributed by atoms with van der Waals surface area (Å²) < 4.78 is 0. The molecular weight excluding hydrogens is 250 g/mol. The Kier molecular flexibility index (Phi) is 4.97. The third-order valence-electron chi connectivity index (χ3n) is 2.42. The Labute approximate surface area is 113 Å². The van der Waals surface area contributed by atoms with E-state index in [0.29, 0.717) is 23.7 Å². The van der Waals surface area contributed by atoms with Crippen molar-refractivity contribution in [1.29, 1.82) is 5.26 Å². The van der Waals surface area contributed by atoms with Crippen LogP contribution < -0.4 is 5.32 Å². The van der Waals surface area contributed by atoms with Gasteiger partial charge in [0.05, 0.1) is 16.2 Å². The topological polar surface area (TPSA) is 59.3 Å². The summed E-state index contributed by atoms with van der Waals surface area (Å²) in [6, 6.07) is 7.12. The fourth-order valence-corrected chi connectivity index (χ4v) is 1.97.